The van der Waals surface area contributed by atoms with Gasteiger partial charge in [0, 0.05) is 17.7 Å². The van der Waals surface area contributed by atoms with E-state index in [0.717, 1.165) is 47.5 Å². The SMILES string of the molecule is CCCCCNC(=O)c1ccc(OC)c(COc2cc(C)cc(C)c2)c1. The number of nitrogens with one attached hydrogen (secondary N) is 1. The first-order chi connectivity index (χ1) is 12.5. The molecule has 0 spiro atoms. The summed E-state index contributed by atoms with van der Waals surface area (Å²) >= 11 is 0. The fourth-order valence-electron chi connectivity index (χ4n) is 2.89. The summed E-state index contributed by atoms with van der Waals surface area (Å²) in [6, 6.07) is 11.6. The third kappa shape index (κ3) is 5.80. The number of hydrogen-bond donors (Lipinski definition) is 1. The van der Waals surface area contributed by atoms with Crippen LogP contribution >= 0.6 is 0 Å². The number of aryl methyl sites for hydroxylation is 2. The van der Waals surface area contributed by atoms with Gasteiger partial charge in [-0.3, -0.25) is 4.79 Å². The topological polar surface area (TPSA) is 47.6 Å². The highest BCUT2D eigenvalue weighted by molar-refractivity contribution is 5.94. The fourth-order valence-corrected chi connectivity index (χ4v) is 2.89. The van der Waals surface area contributed by atoms with Crippen molar-refractivity contribution in [2.45, 2.75) is 46.6 Å². The molecule has 2 aromatic rings. The summed E-state index contributed by atoms with van der Waals surface area (Å²) in [5.41, 5.74) is 3.80. The molecular formula is C22H29NO3. The number of amides is 1. The molecule has 2 aromatic carbocycles. The van der Waals surface area contributed by atoms with E-state index in [2.05, 4.69) is 18.3 Å². The number of carbonyl (C=O) groups excluding carboxylic acids is 1. The Hall–Kier alpha value is -2.49. The molecule has 0 bridgehead atoms. The van der Waals surface area contributed by atoms with Gasteiger partial charge in [-0.25, -0.2) is 0 Å². The largest absolute Gasteiger partial charge is 0.496 e. The standard InChI is InChI=1S/C22H29NO3/c1-5-6-7-10-23-22(24)18-8-9-21(25-4)19(14-18)15-26-20-12-16(2)11-17(3)13-20/h8-9,11-14H,5-7,10,15H2,1-4H3,(H,23,24). The Labute approximate surface area is 156 Å². The Morgan fingerprint density at radius 2 is 1.77 bits per heavy atom. The lowest BCUT2D eigenvalue weighted by Crippen LogP contribution is -2.24. The van der Waals surface area contributed by atoms with Gasteiger partial charge in [0.2, 0.25) is 0 Å². The molecule has 0 saturated carbocycles. The van der Waals surface area contributed by atoms with Gasteiger partial charge in [0.25, 0.3) is 5.91 Å². The fraction of sp³-hybridized carbons (Fsp3) is 0.409. The molecule has 0 aromatic heterocycles. The minimum atomic E-state index is -0.0589. The summed E-state index contributed by atoms with van der Waals surface area (Å²) in [7, 11) is 1.63. The maximum atomic E-state index is 12.3. The first kappa shape index (κ1) is 19.8. The number of methoxy groups -OCH3 is 1. The highest BCUT2D eigenvalue weighted by Crippen LogP contribution is 2.23. The normalized spacial score (nSPS) is 10.5. The van der Waals surface area contributed by atoms with Gasteiger partial charge in [0.05, 0.1) is 7.11 Å². The van der Waals surface area contributed by atoms with Crippen molar-refractivity contribution in [2.75, 3.05) is 13.7 Å². The third-order valence-corrected chi connectivity index (χ3v) is 4.20. The summed E-state index contributed by atoms with van der Waals surface area (Å²) in [6.45, 7) is 7.29. The van der Waals surface area contributed by atoms with Crippen molar-refractivity contribution < 1.29 is 14.3 Å². The zero-order valence-electron chi connectivity index (χ0n) is 16.2. The second-order valence-electron chi connectivity index (χ2n) is 6.60. The summed E-state index contributed by atoms with van der Waals surface area (Å²) in [5.74, 6) is 1.48. The molecule has 4 nitrogen and oxygen atoms in total. The molecule has 0 aliphatic heterocycles. The predicted octanol–water partition coefficient (Wildman–Crippen LogP) is 4.81. The molecule has 0 aliphatic carbocycles. The van der Waals surface area contributed by atoms with Crippen LogP contribution in [0, 0.1) is 13.8 Å². The van der Waals surface area contributed by atoms with Crippen LogP contribution in [0.15, 0.2) is 36.4 Å². The number of ether oxygens (including phenoxy) is 2. The third-order valence-electron chi connectivity index (χ3n) is 4.20. The Kier molecular flexibility index (Phi) is 7.52. The van der Waals surface area contributed by atoms with Crippen LogP contribution < -0.4 is 14.8 Å². The molecule has 0 atom stereocenters. The van der Waals surface area contributed by atoms with Gasteiger partial charge in [-0.1, -0.05) is 25.8 Å². The zero-order valence-corrected chi connectivity index (χ0v) is 16.2. The second-order valence-corrected chi connectivity index (χ2v) is 6.60. The van der Waals surface area contributed by atoms with Crippen LogP contribution in [0.4, 0.5) is 0 Å². The molecule has 2 rings (SSSR count). The van der Waals surface area contributed by atoms with Gasteiger partial charge < -0.3 is 14.8 Å². The van der Waals surface area contributed by atoms with Crippen LogP contribution in [0.1, 0.15) is 53.2 Å². The predicted molar refractivity (Wildman–Crippen MR) is 105 cm³/mol. The first-order valence-electron chi connectivity index (χ1n) is 9.19. The van der Waals surface area contributed by atoms with Gasteiger partial charge >= 0.3 is 0 Å². The Balaban J connectivity index is 2.07. The van der Waals surface area contributed by atoms with Crippen molar-refractivity contribution in [3.63, 3.8) is 0 Å². The lowest BCUT2D eigenvalue weighted by Gasteiger charge is -2.13. The zero-order chi connectivity index (χ0) is 18.9. The van der Waals surface area contributed by atoms with Gasteiger partial charge in [0.1, 0.15) is 18.1 Å². The maximum Gasteiger partial charge on any atom is 0.251 e. The second kappa shape index (κ2) is 9.85. The van der Waals surface area contributed by atoms with Crippen LogP contribution in [0.3, 0.4) is 0 Å². The molecule has 26 heavy (non-hydrogen) atoms. The molecule has 0 radical (unpaired) electrons. The number of carbonyl (C=O) groups is 1. The number of benzene rings is 2. The summed E-state index contributed by atoms with van der Waals surface area (Å²) in [6.07, 6.45) is 3.26. The Morgan fingerprint density at radius 1 is 1.04 bits per heavy atom. The summed E-state index contributed by atoms with van der Waals surface area (Å²) < 4.78 is 11.3. The maximum absolute atomic E-state index is 12.3. The van der Waals surface area contributed by atoms with E-state index in [1.54, 1.807) is 13.2 Å². The lowest BCUT2D eigenvalue weighted by molar-refractivity contribution is 0.0952. The van der Waals surface area contributed by atoms with Crippen molar-refractivity contribution in [3.05, 3.63) is 58.7 Å². The molecular weight excluding hydrogens is 326 g/mol. The molecule has 0 unspecified atom stereocenters. The summed E-state index contributed by atoms with van der Waals surface area (Å²) in [4.78, 5) is 12.3. The molecule has 140 valence electrons. The molecule has 0 heterocycles. The van der Waals surface area contributed by atoms with Crippen LogP contribution in [-0.2, 0) is 6.61 Å². The monoisotopic (exact) mass is 355 g/mol. The molecule has 0 fully saturated rings. The summed E-state index contributed by atoms with van der Waals surface area (Å²) in [5, 5.41) is 2.97. The van der Waals surface area contributed by atoms with E-state index in [4.69, 9.17) is 9.47 Å². The van der Waals surface area contributed by atoms with E-state index in [1.807, 2.05) is 38.1 Å². The van der Waals surface area contributed by atoms with E-state index in [0.29, 0.717) is 18.7 Å². The first-order valence-corrected chi connectivity index (χ1v) is 9.19. The van der Waals surface area contributed by atoms with Crippen molar-refractivity contribution >= 4 is 5.91 Å². The van der Waals surface area contributed by atoms with Crippen LogP contribution in [0.25, 0.3) is 0 Å². The minimum absolute atomic E-state index is 0.0589. The van der Waals surface area contributed by atoms with Crippen molar-refractivity contribution in [1.29, 1.82) is 0 Å². The smallest absolute Gasteiger partial charge is 0.251 e. The van der Waals surface area contributed by atoms with Crippen molar-refractivity contribution in [2.24, 2.45) is 0 Å². The van der Waals surface area contributed by atoms with E-state index < -0.39 is 0 Å². The van der Waals surface area contributed by atoms with Gasteiger partial charge in [-0.15, -0.1) is 0 Å². The molecule has 0 saturated heterocycles. The number of hydrogen-bond acceptors (Lipinski definition) is 3. The quantitative estimate of drug-likeness (QED) is 0.657. The molecule has 1 amide bonds. The highest BCUT2D eigenvalue weighted by atomic mass is 16.5. The lowest BCUT2D eigenvalue weighted by atomic mass is 10.1. The molecule has 1 N–H and O–H groups in total. The molecule has 4 heteroatoms. The average Bonchev–Trinajstić information content (AvgIpc) is 2.62. The van der Waals surface area contributed by atoms with Crippen molar-refractivity contribution in [3.8, 4) is 11.5 Å². The van der Waals surface area contributed by atoms with Crippen molar-refractivity contribution in [1.82, 2.24) is 5.32 Å². The van der Waals surface area contributed by atoms with E-state index in [1.165, 1.54) is 0 Å². The van der Waals surface area contributed by atoms with Crippen LogP contribution in [-0.4, -0.2) is 19.6 Å². The van der Waals surface area contributed by atoms with Gasteiger partial charge in [-0.05, 0) is 61.7 Å². The average molecular weight is 355 g/mol. The van der Waals surface area contributed by atoms with Gasteiger partial charge in [0.15, 0.2) is 0 Å². The minimum Gasteiger partial charge on any atom is -0.496 e. The van der Waals surface area contributed by atoms with Crippen LogP contribution in [0.2, 0.25) is 0 Å². The van der Waals surface area contributed by atoms with E-state index >= 15 is 0 Å². The Bertz CT molecular complexity index is 720. The van der Waals surface area contributed by atoms with E-state index in [9.17, 15) is 4.79 Å². The Morgan fingerprint density at radius 3 is 2.42 bits per heavy atom. The van der Waals surface area contributed by atoms with Gasteiger partial charge in [-0.2, -0.15) is 0 Å². The number of rotatable bonds is 9. The van der Waals surface area contributed by atoms with E-state index in [-0.39, 0.29) is 5.91 Å². The van der Waals surface area contributed by atoms with Crippen LogP contribution in [0.5, 0.6) is 11.5 Å². The molecule has 0 aliphatic rings. The highest BCUT2D eigenvalue weighted by Gasteiger charge is 2.11. The number of unbranched alkanes of at least 4 members (excludes halogenated alkanes) is 2.